The molecule has 1 aromatic rings. The van der Waals surface area contributed by atoms with E-state index in [1.807, 2.05) is 11.8 Å². The molecule has 0 bridgehead atoms. The van der Waals surface area contributed by atoms with E-state index in [4.69, 9.17) is 10.5 Å². The quantitative estimate of drug-likeness (QED) is 0.748. The highest BCUT2D eigenvalue weighted by molar-refractivity contribution is 7.99. The molecule has 4 heteroatoms. The first-order valence-electron chi connectivity index (χ1n) is 5.46. The van der Waals surface area contributed by atoms with Gasteiger partial charge in [-0.05, 0) is 35.6 Å². The lowest BCUT2D eigenvalue weighted by molar-refractivity contribution is 0.316. The molecule has 0 saturated heterocycles. The van der Waals surface area contributed by atoms with E-state index >= 15 is 0 Å². The fourth-order valence-corrected chi connectivity index (χ4v) is 1.93. The average Bonchev–Trinajstić information content (AvgIpc) is 2.28. The zero-order valence-electron chi connectivity index (χ0n) is 9.54. The predicted molar refractivity (Wildman–Crippen MR) is 67.4 cm³/mol. The van der Waals surface area contributed by atoms with E-state index in [9.17, 15) is 4.39 Å². The Morgan fingerprint density at radius 2 is 2.19 bits per heavy atom. The molecule has 0 amide bonds. The number of thioether (sulfide) groups is 1. The molecular formula is C12H18FNOS. The van der Waals surface area contributed by atoms with Crippen LogP contribution in [0.3, 0.4) is 0 Å². The maximum Gasteiger partial charge on any atom is 0.127 e. The molecule has 0 aliphatic rings. The second-order valence-electron chi connectivity index (χ2n) is 3.40. The van der Waals surface area contributed by atoms with Crippen molar-refractivity contribution in [2.24, 2.45) is 5.73 Å². The summed E-state index contributed by atoms with van der Waals surface area (Å²) in [5.74, 6) is 2.48. The van der Waals surface area contributed by atoms with E-state index in [-0.39, 0.29) is 5.82 Å². The van der Waals surface area contributed by atoms with Crippen molar-refractivity contribution in [3.05, 3.63) is 29.6 Å². The Morgan fingerprint density at radius 3 is 2.88 bits per heavy atom. The van der Waals surface area contributed by atoms with Crippen LogP contribution in [0.25, 0.3) is 0 Å². The molecule has 0 aliphatic heterocycles. The molecule has 1 rings (SSSR count). The highest BCUT2D eigenvalue weighted by Gasteiger charge is 2.00. The van der Waals surface area contributed by atoms with Crippen molar-refractivity contribution in [3.63, 3.8) is 0 Å². The summed E-state index contributed by atoms with van der Waals surface area (Å²) >= 11 is 1.88. The van der Waals surface area contributed by atoms with Gasteiger partial charge in [-0.15, -0.1) is 0 Å². The van der Waals surface area contributed by atoms with E-state index in [0.29, 0.717) is 18.9 Å². The van der Waals surface area contributed by atoms with Gasteiger partial charge in [-0.3, -0.25) is 0 Å². The van der Waals surface area contributed by atoms with Crippen LogP contribution < -0.4 is 10.5 Å². The zero-order valence-corrected chi connectivity index (χ0v) is 10.4. The molecule has 0 radical (unpaired) electrons. The third-order valence-electron chi connectivity index (χ3n) is 2.07. The summed E-state index contributed by atoms with van der Waals surface area (Å²) < 4.78 is 18.6. The van der Waals surface area contributed by atoms with Crippen molar-refractivity contribution in [2.45, 2.75) is 19.9 Å². The number of ether oxygens (including phenoxy) is 1. The van der Waals surface area contributed by atoms with Crippen LogP contribution >= 0.6 is 11.8 Å². The molecule has 0 unspecified atom stereocenters. The van der Waals surface area contributed by atoms with Crippen molar-refractivity contribution in [3.8, 4) is 5.75 Å². The van der Waals surface area contributed by atoms with Crippen LogP contribution in [0.4, 0.5) is 4.39 Å². The molecule has 0 aromatic heterocycles. The normalized spacial score (nSPS) is 10.4. The Hall–Kier alpha value is -0.740. The minimum Gasteiger partial charge on any atom is -0.493 e. The summed E-state index contributed by atoms with van der Waals surface area (Å²) in [5.41, 5.74) is 6.22. The highest BCUT2D eigenvalue weighted by atomic mass is 32.2. The van der Waals surface area contributed by atoms with Gasteiger partial charge in [-0.25, -0.2) is 4.39 Å². The number of hydrogen-bond donors (Lipinski definition) is 1. The second kappa shape index (κ2) is 7.52. The lowest BCUT2D eigenvalue weighted by Crippen LogP contribution is -2.02. The SMILES string of the molecule is CCSCCCOc1cc(F)cc(CN)c1. The van der Waals surface area contributed by atoms with Crippen LogP contribution in [-0.2, 0) is 6.54 Å². The van der Waals surface area contributed by atoms with E-state index in [2.05, 4.69) is 6.92 Å². The zero-order chi connectivity index (χ0) is 11.8. The van der Waals surface area contributed by atoms with Crippen LogP contribution in [0.15, 0.2) is 18.2 Å². The first kappa shape index (κ1) is 13.3. The third kappa shape index (κ3) is 4.86. The van der Waals surface area contributed by atoms with Gasteiger partial charge in [0.1, 0.15) is 11.6 Å². The van der Waals surface area contributed by atoms with Crippen molar-refractivity contribution < 1.29 is 9.13 Å². The number of halogens is 1. The molecule has 0 spiro atoms. The number of hydrogen-bond acceptors (Lipinski definition) is 3. The fraction of sp³-hybridized carbons (Fsp3) is 0.500. The minimum absolute atomic E-state index is 0.291. The number of benzene rings is 1. The summed E-state index contributed by atoms with van der Waals surface area (Å²) in [4.78, 5) is 0. The minimum atomic E-state index is -0.291. The largest absolute Gasteiger partial charge is 0.493 e. The van der Waals surface area contributed by atoms with Gasteiger partial charge in [0.25, 0.3) is 0 Å². The average molecular weight is 243 g/mol. The molecule has 0 aliphatic carbocycles. The molecule has 0 atom stereocenters. The first-order valence-corrected chi connectivity index (χ1v) is 6.61. The van der Waals surface area contributed by atoms with Gasteiger partial charge in [0.15, 0.2) is 0 Å². The molecule has 90 valence electrons. The van der Waals surface area contributed by atoms with Crippen LogP contribution in [0.1, 0.15) is 18.9 Å². The lowest BCUT2D eigenvalue weighted by Gasteiger charge is -2.07. The van der Waals surface area contributed by atoms with Gasteiger partial charge in [-0.1, -0.05) is 6.92 Å². The lowest BCUT2D eigenvalue weighted by atomic mass is 10.2. The Labute approximate surface area is 100 Å². The summed E-state index contributed by atoms with van der Waals surface area (Å²) in [6.07, 6.45) is 0.979. The Morgan fingerprint density at radius 1 is 1.38 bits per heavy atom. The van der Waals surface area contributed by atoms with Crippen molar-refractivity contribution in [1.29, 1.82) is 0 Å². The van der Waals surface area contributed by atoms with Crippen LogP contribution in [0, 0.1) is 5.82 Å². The summed E-state index contributed by atoms with van der Waals surface area (Å²) in [7, 11) is 0. The Bertz CT molecular complexity index is 320. The van der Waals surface area contributed by atoms with Gasteiger partial charge in [0.05, 0.1) is 6.61 Å². The topological polar surface area (TPSA) is 35.2 Å². The van der Waals surface area contributed by atoms with E-state index in [0.717, 1.165) is 23.5 Å². The van der Waals surface area contributed by atoms with Crippen molar-refractivity contribution in [1.82, 2.24) is 0 Å². The number of rotatable bonds is 7. The molecule has 2 N–H and O–H groups in total. The van der Waals surface area contributed by atoms with Crippen LogP contribution in [0.2, 0.25) is 0 Å². The van der Waals surface area contributed by atoms with E-state index in [1.54, 1.807) is 6.07 Å². The first-order chi connectivity index (χ1) is 7.76. The number of nitrogens with two attached hydrogens (primary N) is 1. The highest BCUT2D eigenvalue weighted by Crippen LogP contribution is 2.16. The monoisotopic (exact) mass is 243 g/mol. The van der Waals surface area contributed by atoms with E-state index < -0.39 is 0 Å². The predicted octanol–water partition coefficient (Wildman–Crippen LogP) is 2.81. The molecule has 2 nitrogen and oxygen atoms in total. The molecule has 1 aromatic carbocycles. The Balaban J connectivity index is 2.38. The maximum atomic E-state index is 13.1. The molecule has 0 fully saturated rings. The maximum absolute atomic E-state index is 13.1. The smallest absolute Gasteiger partial charge is 0.127 e. The third-order valence-corrected chi connectivity index (χ3v) is 3.06. The van der Waals surface area contributed by atoms with Gasteiger partial charge in [-0.2, -0.15) is 11.8 Å². The molecule has 16 heavy (non-hydrogen) atoms. The van der Waals surface area contributed by atoms with Gasteiger partial charge < -0.3 is 10.5 Å². The standard InChI is InChI=1S/C12H18FNOS/c1-2-16-5-3-4-15-12-7-10(9-14)6-11(13)8-12/h6-8H,2-5,9,14H2,1H3. The molecule has 0 saturated carbocycles. The van der Waals surface area contributed by atoms with Gasteiger partial charge in [0, 0.05) is 12.6 Å². The van der Waals surface area contributed by atoms with Crippen LogP contribution in [0.5, 0.6) is 5.75 Å². The van der Waals surface area contributed by atoms with Gasteiger partial charge >= 0.3 is 0 Å². The summed E-state index contributed by atoms with van der Waals surface area (Å²) in [6, 6.07) is 4.61. The van der Waals surface area contributed by atoms with Crippen molar-refractivity contribution >= 4 is 11.8 Å². The fourth-order valence-electron chi connectivity index (χ4n) is 1.32. The van der Waals surface area contributed by atoms with Crippen molar-refractivity contribution in [2.75, 3.05) is 18.1 Å². The summed E-state index contributed by atoms with van der Waals surface area (Å²) in [6.45, 7) is 3.09. The Kier molecular flexibility index (Phi) is 6.26. The second-order valence-corrected chi connectivity index (χ2v) is 4.79. The summed E-state index contributed by atoms with van der Waals surface area (Å²) in [5, 5.41) is 0. The van der Waals surface area contributed by atoms with E-state index in [1.165, 1.54) is 12.1 Å². The van der Waals surface area contributed by atoms with Gasteiger partial charge in [0.2, 0.25) is 0 Å². The molecular weight excluding hydrogens is 225 g/mol. The molecule has 0 heterocycles. The van der Waals surface area contributed by atoms with Crippen LogP contribution in [-0.4, -0.2) is 18.1 Å².